The number of halogens is 1. The predicted molar refractivity (Wildman–Crippen MR) is 113 cm³/mol. The summed E-state index contributed by atoms with van der Waals surface area (Å²) in [4.78, 5) is 28.3. The van der Waals surface area contributed by atoms with Gasteiger partial charge in [0.2, 0.25) is 11.8 Å². The zero-order valence-electron chi connectivity index (χ0n) is 16.6. The van der Waals surface area contributed by atoms with E-state index in [9.17, 15) is 9.59 Å². The van der Waals surface area contributed by atoms with E-state index in [-0.39, 0.29) is 31.1 Å². The van der Waals surface area contributed by atoms with Crippen LogP contribution in [-0.2, 0) is 16.1 Å². The van der Waals surface area contributed by atoms with Gasteiger partial charge < -0.3 is 14.5 Å². The van der Waals surface area contributed by atoms with Crippen molar-refractivity contribution in [3.63, 3.8) is 0 Å². The van der Waals surface area contributed by atoms with Gasteiger partial charge in [-0.3, -0.25) is 9.59 Å². The summed E-state index contributed by atoms with van der Waals surface area (Å²) in [6.45, 7) is 0.622. The van der Waals surface area contributed by atoms with E-state index >= 15 is 0 Å². The number of methoxy groups -OCH3 is 1. The topological polar surface area (TPSA) is 73.6 Å². The largest absolute Gasteiger partial charge is 0.496 e. The van der Waals surface area contributed by atoms with Crippen LogP contribution in [0.5, 0.6) is 5.75 Å². The molecule has 0 aromatic heterocycles. The Morgan fingerprint density at radius 1 is 1.10 bits per heavy atom. The van der Waals surface area contributed by atoms with Crippen LogP contribution in [0, 0.1) is 11.3 Å². The van der Waals surface area contributed by atoms with Crippen molar-refractivity contribution in [2.24, 2.45) is 0 Å². The number of rotatable bonds is 9. The molecular formula is C22H24ClN3O3. The van der Waals surface area contributed by atoms with Crippen LogP contribution >= 0.6 is 11.6 Å². The molecule has 7 heteroatoms. The number of hydrogen-bond donors (Lipinski definition) is 0. The molecule has 152 valence electrons. The summed E-state index contributed by atoms with van der Waals surface area (Å²) in [5.41, 5.74) is 1.51. The van der Waals surface area contributed by atoms with Gasteiger partial charge in [-0.1, -0.05) is 29.8 Å². The second kappa shape index (κ2) is 11.1. The van der Waals surface area contributed by atoms with Gasteiger partial charge >= 0.3 is 0 Å². The zero-order chi connectivity index (χ0) is 21.2. The minimum atomic E-state index is -0.187. The van der Waals surface area contributed by atoms with Crippen molar-refractivity contribution >= 4 is 29.1 Å². The van der Waals surface area contributed by atoms with Crippen LogP contribution < -0.4 is 9.64 Å². The molecule has 0 aliphatic rings. The van der Waals surface area contributed by atoms with E-state index in [1.807, 2.05) is 30.3 Å². The van der Waals surface area contributed by atoms with Gasteiger partial charge in [-0.05, 0) is 30.3 Å². The number of nitrogens with zero attached hydrogens (tertiary/aromatic N) is 3. The van der Waals surface area contributed by atoms with Crippen molar-refractivity contribution in [2.45, 2.75) is 25.8 Å². The Morgan fingerprint density at radius 3 is 2.45 bits per heavy atom. The lowest BCUT2D eigenvalue weighted by atomic mass is 10.1. The van der Waals surface area contributed by atoms with Crippen LogP contribution in [0.4, 0.5) is 5.69 Å². The summed E-state index contributed by atoms with van der Waals surface area (Å²) in [6.07, 6.45) is 0.368. The standard InChI is InChI=1S/C22H24ClN3O3/c1-25(16-17-15-18(23)9-10-20(17)29-2)21(27)11-12-22(28)26(14-6-13-24)19-7-4-3-5-8-19/h3-5,7-10,15H,6,11-12,14,16H2,1-2H3. The molecule has 0 bridgehead atoms. The van der Waals surface area contributed by atoms with E-state index in [4.69, 9.17) is 21.6 Å². The Hall–Kier alpha value is -3.04. The minimum Gasteiger partial charge on any atom is -0.496 e. The van der Waals surface area contributed by atoms with Gasteiger partial charge in [0.1, 0.15) is 5.75 Å². The van der Waals surface area contributed by atoms with E-state index in [2.05, 4.69) is 6.07 Å². The Kier molecular flexibility index (Phi) is 8.50. The molecule has 0 aliphatic carbocycles. The van der Waals surface area contributed by atoms with Crippen LogP contribution in [0.15, 0.2) is 48.5 Å². The Balaban J connectivity index is 1.98. The molecule has 0 radical (unpaired) electrons. The molecule has 0 N–H and O–H groups in total. The number of amides is 2. The maximum atomic E-state index is 12.7. The fourth-order valence-electron chi connectivity index (χ4n) is 2.92. The number of benzene rings is 2. The monoisotopic (exact) mass is 413 g/mol. The van der Waals surface area contributed by atoms with Crippen LogP contribution in [0.3, 0.4) is 0 Å². The quantitative estimate of drug-likeness (QED) is 0.622. The zero-order valence-corrected chi connectivity index (χ0v) is 17.4. The third-order valence-electron chi connectivity index (χ3n) is 4.44. The summed E-state index contributed by atoms with van der Waals surface area (Å²) < 4.78 is 5.31. The molecule has 0 spiro atoms. The molecule has 0 fully saturated rings. The van der Waals surface area contributed by atoms with Crippen molar-refractivity contribution in [1.29, 1.82) is 5.26 Å². The highest BCUT2D eigenvalue weighted by atomic mass is 35.5. The van der Waals surface area contributed by atoms with Gasteiger partial charge in [0.25, 0.3) is 0 Å². The molecule has 29 heavy (non-hydrogen) atoms. The molecule has 0 heterocycles. The number of anilines is 1. The van der Waals surface area contributed by atoms with Gasteiger partial charge in [-0.2, -0.15) is 5.26 Å². The first-order valence-corrected chi connectivity index (χ1v) is 9.62. The van der Waals surface area contributed by atoms with Crippen LogP contribution in [0.1, 0.15) is 24.8 Å². The molecular weight excluding hydrogens is 390 g/mol. The second-order valence-electron chi connectivity index (χ2n) is 6.50. The highest BCUT2D eigenvalue weighted by Crippen LogP contribution is 2.24. The lowest BCUT2D eigenvalue weighted by Gasteiger charge is -2.23. The van der Waals surface area contributed by atoms with E-state index in [0.717, 1.165) is 11.3 Å². The number of hydrogen-bond acceptors (Lipinski definition) is 4. The third kappa shape index (κ3) is 6.51. The average molecular weight is 414 g/mol. The third-order valence-corrected chi connectivity index (χ3v) is 4.68. The van der Waals surface area contributed by atoms with Crippen molar-refractivity contribution in [1.82, 2.24) is 4.90 Å². The van der Waals surface area contributed by atoms with E-state index in [1.54, 1.807) is 42.2 Å². The first kappa shape index (κ1) is 22.3. The molecule has 0 saturated carbocycles. The molecule has 0 aliphatic heterocycles. The Morgan fingerprint density at radius 2 is 1.79 bits per heavy atom. The summed E-state index contributed by atoms with van der Waals surface area (Å²) >= 11 is 6.04. The second-order valence-corrected chi connectivity index (χ2v) is 6.93. The van der Waals surface area contributed by atoms with Crippen LogP contribution in [-0.4, -0.2) is 37.4 Å². The van der Waals surface area contributed by atoms with Gasteiger partial charge in [-0.25, -0.2) is 0 Å². The number of carbonyl (C=O) groups is 2. The molecule has 0 atom stereocenters. The molecule has 6 nitrogen and oxygen atoms in total. The predicted octanol–water partition coefficient (Wildman–Crippen LogP) is 4.03. The lowest BCUT2D eigenvalue weighted by molar-refractivity contribution is -0.132. The average Bonchev–Trinajstić information content (AvgIpc) is 2.73. The molecule has 2 rings (SSSR count). The number of carbonyl (C=O) groups excluding carboxylic acids is 2. The van der Waals surface area contributed by atoms with Gasteiger partial charge in [0.05, 0.1) is 19.6 Å². The highest BCUT2D eigenvalue weighted by Gasteiger charge is 2.19. The maximum Gasteiger partial charge on any atom is 0.227 e. The number of ether oxygens (including phenoxy) is 1. The lowest BCUT2D eigenvalue weighted by Crippen LogP contribution is -2.33. The normalized spacial score (nSPS) is 10.1. The fraction of sp³-hybridized carbons (Fsp3) is 0.318. The van der Waals surface area contributed by atoms with Crippen molar-refractivity contribution < 1.29 is 14.3 Å². The fourth-order valence-corrected chi connectivity index (χ4v) is 3.12. The number of nitriles is 1. The Labute approximate surface area is 176 Å². The molecule has 2 aromatic carbocycles. The Bertz CT molecular complexity index is 881. The summed E-state index contributed by atoms with van der Waals surface area (Å²) in [5.74, 6) is 0.305. The first-order chi connectivity index (χ1) is 14.0. The first-order valence-electron chi connectivity index (χ1n) is 9.25. The molecule has 2 amide bonds. The smallest absolute Gasteiger partial charge is 0.227 e. The van der Waals surface area contributed by atoms with Gasteiger partial charge in [-0.15, -0.1) is 0 Å². The van der Waals surface area contributed by atoms with Crippen molar-refractivity contribution in [3.8, 4) is 11.8 Å². The SMILES string of the molecule is COc1ccc(Cl)cc1CN(C)C(=O)CCC(=O)N(CCC#N)c1ccccc1. The van der Waals surface area contributed by atoms with E-state index in [1.165, 1.54) is 0 Å². The van der Waals surface area contributed by atoms with Gasteiger partial charge in [0, 0.05) is 49.3 Å². The highest BCUT2D eigenvalue weighted by molar-refractivity contribution is 6.30. The molecule has 0 unspecified atom stereocenters. The molecule has 0 saturated heterocycles. The van der Waals surface area contributed by atoms with Gasteiger partial charge in [0.15, 0.2) is 0 Å². The van der Waals surface area contributed by atoms with Crippen LogP contribution in [0.2, 0.25) is 5.02 Å². The molecule has 2 aromatic rings. The summed E-state index contributed by atoms with van der Waals surface area (Å²) in [5, 5.41) is 9.43. The van der Waals surface area contributed by atoms with Crippen molar-refractivity contribution in [2.75, 3.05) is 25.6 Å². The summed E-state index contributed by atoms with van der Waals surface area (Å²) in [7, 11) is 3.24. The van der Waals surface area contributed by atoms with Crippen molar-refractivity contribution in [3.05, 3.63) is 59.1 Å². The van der Waals surface area contributed by atoms with E-state index < -0.39 is 0 Å². The summed E-state index contributed by atoms with van der Waals surface area (Å²) in [6, 6.07) is 16.5. The maximum absolute atomic E-state index is 12.7. The number of para-hydroxylation sites is 1. The van der Waals surface area contributed by atoms with Crippen LogP contribution in [0.25, 0.3) is 0 Å². The van der Waals surface area contributed by atoms with E-state index in [0.29, 0.717) is 23.9 Å². The minimum absolute atomic E-state index is 0.0657.